The van der Waals surface area contributed by atoms with E-state index in [4.69, 9.17) is 4.74 Å². The lowest BCUT2D eigenvalue weighted by Gasteiger charge is -2.33. The van der Waals surface area contributed by atoms with E-state index in [0.717, 1.165) is 31.8 Å². The maximum absolute atomic E-state index is 12.0. The Morgan fingerprint density at radius 3 is 2.78 bits per heavy atom. The van der Waals surface area contributed by atoms with Gasteiger partial charge in [-0.25, -0.2) is 0 Å². The minimum absolute atomic E-state index is 0.110. The highest BCUT2D eigenvalue weighted by Gasteiger charge is 2.19. The molecule has 1 saturated heterocycles. The number of amides is 1. The van der Waals surface area contributed by atoms with E-state index in [1.54, 1.807) is 0 Å². The van der Waals surface area contributed by atoms with E-state index in [9.17, 15) is 4.79 Å². The highest BCUT2D eigenvalue weighted by Crippen LogP contribution is 2.13. The van der Waals surface area contributed by atoms with Crippen LogP contribution >= 0.6 is 0 Å². The largest absolute Gasteiger partial charge is 0.491 e. The van der Waals surface area contributed by atoms with Crippen molar-refractivity contribution in [2.45, 2.75) is 39.3 Å². The van der Waals surface area contributed by atoms with Crippen molar-refractivity contribution in [1.29, 1.82) is 0 Å². The molecule has 1 amide bonds. The molecule has 5 heteroatoms. The van der Waals surface area contributed by atoms with Crippen molar-refractivity contribution in [1.82, 2.24) is 15.5 Å². The van der Waals surface area contributed by atoms with E-state index < -0.39 is 0 Å². The smallest absolute Gasteiger partial charge is 0.234 e. The average Bonchev–Trinajstić information content (AvgIpc) is 2.51. The molecule has 23 heavy (non-hydrogen) atoms. The number of piperazine rings is 1. The van der Waals surface area contributed by atoms with Crippen molar-refractivity contribution in [3.05, 3.63) is 29.8 Å². The first kappa shape index (κ1) is 17.8. The molecule has 1 fully saturated rings. The van der Waals surface area contributed by atoms with Gasteiger partial charge in [0.1, 0.15) is 5.75 Å². The fraction of sp³-hybridized carbons (Fsp3) is 0.611. The van der Waals surface area contributed by atoms with E-state index >= 15 is 0 Å². The molecule has 1 heterocycles. The topological polar surface area (TPSA) is 53.6 Å². The number of ether oxygens (including phenoxy) is 1. The minimum Gasteiger partial charge on any atom is -0.491 e. The van der Waals surface area contributed by atoms with E-state index in [-0.39, 0.29) is 12.0 Å². The van der Waals surface area contributed by atoms with Gasteiger partial charge >= 0.3 is 0 Å². The molecule has 1 aromatic rings. The van der Waals surface area contributed by atoms with Gasteiger partial charge in [0.25, 0.3) is 0 Å². The highest BCUT2D eigenvalue weighted by atomic mass is 16.5. The Hall–Kier alpha value is -1.59. The van der Waals surface area contributed by atoms with Crippen molar-refractivity contribution in [2.75, 3.05) is 32.7 Å². The lowest BCUT2D eigenvalue weighted by atomic mass is 10.1. The quantitative estimate of drug-likeness (QED) is 0.798. The van der Waals surface area contributed by atoms with Crippen LogP contribution in [0.15, 0.2) is 24.3 Å². The fourth-order valence-electron chi connectivity index (χ4n) is 2.71. The standard InChI is InChI=1S/C18H29N3O2/c1-14(2)23-17-6-4-16(5-7-17)8-9-20-18(22)13-21-11-10-19-12-15(21)3/h4-7,14-15,19H,8-13H2,1-3H3,(H,20,22)/t15-/m1/s1. The Morgan fingerprint density at radius 2 is 2.13 bits per heavy atom. The van der Waals surface area contributed by atoms with Crippen molar-refractivity contribution in [2.24, 2.45) is 0 Å². The zero-order chi connectivity index (χ0) is 16.7. The lowest BCUT2D eigenvalue weighted by Crippen LogP contribution is -2.52. The summed E-state index contributed by atoms with van der Waals surface area (Å²) in [6.07, 6.45) is 1.03. The molecule has 1 aliphatic heterocycles. The molecule has 0 aliphatic carbocycles. The highest BCUT2D eigenvalue weighted by molar-refractivity contribution is 5.78. The second kappa shape index (κ2) is 8.89. The molecular weight excluding hydrogens is 290 g/mol. The molecule has 2 rings (SSSR count). The molecule has 0 radical (unpaired) electrons. The molecule has 0 aromatic heterocycles. The van der Waals surface area contributed by atoms with Gasteiger partial charge in [-0.3, -0.25) is 9.69 Å². The van der Waals surface area contributed by atoms with Gasteiger partial charge in [0, 0.05) is 32.2 Å². The molecule has 0 spiro atoms. The van der Waals surface area contributed by atoms with Gasteiger partial charge < -0.3 is 15.4 Å². The number of carbonyl (C=O) groups is 1. The summed E-state index contributed by atoms with van der Waals surface area (Å²) < 4.78 is 5.63. The Labute approximate surface area is 139 Å². The summed E-state index contributed by atoms with van der Waals surface area (Å²) in [4.78, 5) is 14.3. The SMILES string of the molecule is CC(C)Oc1ccc(CCNC(=O)CN2CCNC[C@H]2C)cc1. The zero-order valence-corrected chi connectivity index (χ0v) is 14.5. The van der Waals surface area contributed by atoms with Gasteiger partial charge in [-0.05, 0) is 44.9 Å². The first-order chi connectivity index (χ1) is 11.0. The van der Waals surface area contributed by atoms with Crippen LogP contribution in [0.4, 0.5) is 0 Å². The second-order valence-corrected chi connectivity index (χ2v) is 6.43. The third kappa shape index (κ3) is 6.20. The lowest BCUT2D eigenvalue weighted by molar-refractivity contribution is -0.122. The van der Waals surface area contributed by atoms with Gasteiger partial charge in [-0.15, -0.1) is 0 Å². The van der Waals surface area contributed by atoms with Crippen molar-refractivity contribution in [3.63, 3.8) is 0 Å². The molecule has 128 valence electrons. The summed E-state index contributed by atoms with van der Waals surface area (Å²) in [5.41, 5.74) is 1.21. The summed E-state index contributed by atoms with van der Waals surface area (Å²) in [5, 5.41) is 6.35. The maximum atomic E-state index is 12.0. The summed E-state index contributed by atoms with van der Waals surface area (Å²) >= 11 is 0. The van der Waals surface area contributed by atoms with Gasteiger partial charge in [-0.2, -0.15) is 0 Å². The molecule has 0 bridgehead atoms. The number of hydrogen-bond donors (Lipinski definition) is 2. The Kier molecular flexibility index (Phi) is 6.86. The fourth-order valence-corrected chi connectivity index (χ4v) is 2.71. The number of rotatable bonds is 7. The predicted molar refractivity (Wildman–Crippen MR) is 92.8 cm³/mol. The summed E-state index contributed by atoms with van der Waals surface area (Å²) in [5.74, 6) is 0.999. The molecule has 1 aliphatic rings. The van der Waals surface area contributed by atoms with Crippen molar-refractivity contribution < 1.29 is 9.53 Å². The van der Waals surface area contributed by atoms with E-state index in [0.29, 0.717) is 19.1 Å². The van der Waals surface area contributed by atoms with E-state index in [2.05, 4.69) is 34.6 Å². The van der Waals surface area contributed by atoms with Crippen LogP contribution < -0.4 is 15.4 Å². The van der Waals surface area contributed by atoms with Crippen LogP contribution in [0.5, 0.6) is 5.75 Å². The average molecular weight is 319 g/mol. The van der Waals surface area contributed by atoms with Crippen molar-refractivity contribution >= 4 is 5.91 Å². The summed E-state index contributed by atoms with van der Waals surface area (Å²) in [7, 11) is 0. The maximum Gasteiger partial charge on any atom is 0.234 e. The van der Waals surface area contributed by atoms with E-state index in [1.807, 2.05) is 26.0 Å². The van der Waals surface area contributed by atoms with Crippen LogP contribution in [0.2, 0.25) is 0 Å². The number of carbonyl (C=O) groups excluding carboxylic acids is 1. The molecule has 0 unspecified atom stereocenters. The van der Waals surface area contributed by atoms with Gasteiger partial charge in [0.15, 0.2) is 0 Å². The number of nitrogens with one attached hydrogen (secondary N) is 2. The van der Waals surface area contributed by atoms with Crippen LogP contribution in [-0.4, -0.2) is 55.7 Å². The molecule has 5 nitrogen and oxygen atoms in total. The molecule has 0 saturated carbocycles. The molecule has 1 aromatic carbocycles. The molecule has 1 atom stereocenters. The molecular formula is C18H29N3O2. The van der Waals surface area contributed by atoms with Gasteiger partial charge in [-0.1, -0.05) is 12.1 Å². The third-order valence-electron chi connectivity index (χ3n) is 4.02. The summed E-state index contributed by atoms with van der Waals surface area (Å²) in [6.45, 7) is 10.2. The van der Waals surface area contributed by atoms with Crippen LogP contribution in [0.25, 0.3) is 0 Å². The first-order valence-electron chi connectivity index (χ1n) is 8.51. The Balaban J connectivity index is 1.68. The molecule has 2 N–H and O–H groups in total. The monoisotopic (exact) mass is 319 g/mol. The normalized spacial score (nSPS) is 18.9. The zero-order valence-electron chi connectivity index (χ0n) is 14.5. The summed E-state index contributed by atoms with van der Waals surface area (Å²) in [6, 6.07) is 8.51. The number of benzene rings is 1. The van der Waals surface area contributed by atoms with E-state index in [1.165, 1.54) is 5.56 Å². The van der Waals surface area contributed by atoms with Crippen LogP contribution in [0.1, 0.15) is 26.3 Å². The van der Waals surface area contributed by atoms with Crippen LogP contribution in [0.3, 0.4) is 0 Å². The van der Waals surface area contributed by atoms with Crippen molar-refractivity contribution in [3.8, 4) is 5.75 Å². The Bertz CT molecular complexity index is 488. The minimum atomic E-state index is 0.110. The Morgan fingerprint density at radius 1 is 1.39 bits per heavy atom. The van der Waals surface area contributed by atoms with Gasteiger partial charge in [0.2, 0.25) is 5.91 Å². The van der Waals surface area contributed by atoms with Crippen LogP contribution in [0, 0.1) is 0 Å². The number of nitrogens with zero attached hydrogens (tertiary/aromatic N) is 1. The first-order valence-corrected chi connectivity index (χ1v) is 8.51. The van der Waals surface area contributed by atoms with Gasteiger partial charge in [0.05, 0.1) is 12.6 Å². The predicted octanol–water partition coefficient (Wildman–Crippen LogP) is 1.43. The second-order valence-electron chi connectivity index (χ2n) is 6.43. The third-order valence-corrected chi connectivity index (χ3v) is 4.02. The van der Waals surface area contributed by atoms with Crippen LogP contribution in [-0.2, 0) is 11.2 Å². The number of hydrogen-bond acceptors (Lipinski definition) is 4.